The van der Waals surface area contributed by atoms with Gasteiger partial charge in [0.1, 0.15) is 0 Å². The summed E-state index contributed by atoms with van der Waals surface area (Å²) in [6.07, 6.45) is 4.67. The number of unbranched alkanes of at least 4 members (excludes halogenated alkanes) is 3. The van der Waals surface area contributed by atoms with Gasteiger partial charge in [0.2, 0.25) is 0 Å². The number of hydrogen-bond acceptors (Lipinski definition) is 3. The highest BCUT2D eigenvalue weighted by Crippen LogP contribution is 1.98. The molecule has 0 spiro atoms. The first-order valence-corrected chi connectivity index (χ1v) is 5.55. The molecule has 3 heteroatoms. The summed E-state index contributed by atoms with van der Waals surface area (Å²) in [5, 5.41) is 16.0. The van der Waals surface area contributed by atoms with Crippen LogP contribution >= 0.6 is 0 Å². The van der Waals surface area contributed by atoms with Gasteiger partial charge in [-0.25, -0.2) is 0 Å². The molecule has 0 aromatic heterocycles. The van der Waals surface area contributed by atoms with Gasteiger partial charge in [0.25, 0.3) is 0 Å². The Bertz CT molecular complexity index is 78.6. The molecule has 88 valence electrons. The highest BCUT2D eigenvalue weighted by Gasteiger charge is 1.85. The quantitative estimate of drug-likeness (QED) is 0.626. The summed E-state index contributed by atoms with van der Waals surface area (Å²) in [4.78, 5) is 0. The van der Waals surface area contributed by atoms with Gasteiger partial charge in [-0.1, -0.05) is 26.2 Å². The Morgan fingerprint density at radius 2 is 1.71 bits per heavy atom. The van der Waals surface area contributed by atoms with Crippen LogP contribution in [0.5, 0.6) is 0 Å². The molecule has 0 fully saturated rings. The van der Waals surface area contributed by atoms with Crippen LogP contribution in [0.2, 0.25) is 0 Å². The van der Waals surface area contributed by atoms with E-state index in [2.05, 4.69) is 6.92 Å². The van der Waals surface area contributed by atoms with Gasteiger partial charge in [-0.15, -0.1) is 0 Å². The Hall–Kier alpha value is -0.120. The summed E-state index contributed by atoms with van der Waals surface area (Å²) in [5.41, 5.74) is 0. The molecule has 1 atom stereocenters. The van der Waals surface area contributed by atoms with E-state index in [1.165, 1.54) is 32.6 Å². The Labute approximate surface area is 88.1 Å². The highest BCUT2D eigenvalue weighted by molar-refractivity contribution is 4.38. The molecule has 0 amide bonds. The van der Waals surface area contributed by atoms with Crippen molar-refractivity contribution in [3.05, 3.63) is 0 Å². The molecule has 0 heterocycles. The average molecular weight is 206 g/mol. The highest BCUT2D eigenvalue weighted by atomic mass is 16.5. The van der Waals surface area contributed by atoms with E-state index in [1.807, 2.05) is 6.92 Å². The summed E-state index contributed by atoms with van der Waals surface area (Å²) in [7, 11) is 0. The molecule has 0 radical (unpaired) electrons. The normalized spacial score (nSPS) is 11.8. The van der Waals surface area contributed by atoms with E-state index < -0.39 is 6.10 Å². The van der Waals surface area contributed by atoms with E-state index >= 15 is 0 Å². The van der Waals surface area contributed by atoms with Gasteiger partial charge < -0.3 is 14.9 Å². The third-order valence-electron chi connectivity index (χ3n) is 1.61. The van der Waals surface area contributed by atoms with Gasteiger partial charge in [0.05, 0.1) is 12.7 Å². The van der Waals surface area contributed by atoms with E-state index in [1.54, 1.807) is 0 Å². The van der Waals surface area contributed by atoms with Crippen molar-refractivity contribution in [3.63, 3.8) is 0 Å². The molecular weight excluding hydrogens is 180 g/mol. The molecule has 2 N–H and O–H groups in total. The molecule has 0 saturated heterocycles. The second-order valence-electron chi connectivity index (χ2n) is 3.29. The van der Waals surface area contributed by atoms with Crippen molar-refractivity contribution in [1.82, 2.24) is 0 Å². The van der Waals surface area contributed by atoms with Gasteiger partial charge >= 0.3 is 0 Å². The van der Waals surface area contributed by atoms with Crippen LogP contribution in [-0.2, 0) is 4.74 Å². The second kappa shape index (κ2) is 15.4. The van der Waals surface area contributed by atoms with Crippen molar-refractivity contribution < 1.29 is 14.9 Å². The summed E-state index contributed by atoms with van der Waals surface area (Å²) in [6, 6.07) is 0. The minimum Gasteiger partial charge on any atom is -0.394 e. The van der Waals surface area contributed by atoms with E-state index in [0.29, 0.717) is 0 Å². The van der Waals surface area contributed by atoms with Crippen LogP contribution in [0.15, 0.2) is 0 Å². The standard InChI is InChI=1S/C8H18O.C3H8O2/c1-3-5-6-7-8-9-4-2;1-3(5)2-4/h3-8H2,1-2H3;3-5H,2H2,1H3. The van der Waals surface area contributed by atoms with E-state index in [4.69, 9.17) is 14.9 Å². The molecule has 0 saturated carbocycles. The van der Waals surface area contributed by atoms with E-state index in [-0.39, 0.29) is 6.61 Å². The molecule has 1 unspecified atom stereocenters. The first-order chi connectivity index (χ1) is 6.68. The van der Waals surface area contributed by atoms with Crippen LogP contribution in [0.4, 0.5) is 0 Å². The van der Waals surface area contributed by atoms with Crippen LogP contribution in [0, 0.1) is 0 Å². The molecule has 0 aromatic carbocycles. The predicted octanol–water partition coefficient (Wildman–Crippen LogP) is 1.96. The van der Waals surface area contributed by atoms with E-state index in [9.17, 15) is 0 Å². The lowest BCUT2D eigenvalue weighted by atomic mass is 10.2. The fourth-order valence-electron chi connectivity index (χ4n) is 0.775. The van der Waals surface area contributed by atoms with Gasteiger partial charge in [-0.05, 0) is 20.3 Å². The van der Waals surface area contributed by atoms with Crippen molar-refractivity contribution in [1.29, 1.82) is 0 Å². The van der Waals surface area contributed by atoms with Crippen LogP contribution in [0.25, 0.3) is 0 Å². The lowest BCUT2D eigenvalue weighted by Gasteiger charge is -1.98. The van der Waals surface area contributed by atoms with Crippen LogP contribution < -0.4 is 0 Å². The van der Waals surface area contributed by atoms with Crippen LogP contribution in [-0.4, -0.2) is 36.1 Å². The minimum absolute atomic E-state index is 0.139. The Morgan fingerprint density at radius 1 is 1.14 bits per heavy atom. The largest absolute Gasteiger partial charge is 0.394 e. The number of hydrogen-bond donors (Lipinski definition) is 2. The van der Waals surface area contributed by atoms with Crippen LogP contribution in [0.3, 0.4) is 0 Å². The van der Waals surface area contributed by atoms with Crippen molar-refractivity contribution in [2.75, 3.05) is 19.8 Å². The second-order valence-corrected chi connectivity index (χ2v) is 3.29. The lowest BCUT2D eigenvalue weighted by molar-refractivity contribution is 0.110. The summed E-state index contributed by atoms with van der Waals surface area (Å²) >= 11 is 0. The topological polar surface area (TPSA) is 49.7 Å². The van der Waals surface area contributed by atoms with E-state index in [0.717, 1.165) is 13.2 Å². The van der Waals surface area contributed by atoms with Crippen molar-refractivity contribution >= 4 is 0 Å². The first kappa shape index (κ1) is 16.3. The number of ether oxygens (including phenoxy) is 1. The molecule has 0 aliphatic rings. The maximum absolute atomic E-state index is 8.11. The molecule has 14 heavy (non-hydrogen) atoms. The average Bonchev–Trinajstić information content (AvgIpc) is 2.19. The molecule has 0 aliphatic heterocycles. The zero-order chi connectivity index (χ0) is 11.2. The first-order valence-electron chi connectivity index (χ1n) is 5.55. The van der Waals surface area contributed by atoms with Gasteiger partial charge in [0, 0.05) is 13.2 Å². The summed E-state index contributed by atoms with van der Waals surface area (Å²) in [5.74, 6) is 0. The maximum atomic E-state index is 8.11. The van der Waals surface area contributed by atoms with Crippen molar-refractivity contribution in [3.8, 4) is 0 Å². The fourth-order valence-corrected chi connectivity index (χ4v) is 0.775. The molecule has 0 aliphatic carbocycles. The zero-order valence-electron chi connectivity index (χ0n) is 9.83. The third kappa shape index (κ3) is 22.6. The third-order valence-corrected chi connectivity index (χ3v) is 1.61. The van der Waals surface area contributed by atoms with Gasteiger partial charge in [-0.3, -0.25) is 0 Å². The fraction of sp³-hybridized carbons (Fsp3) is 1.00. The van der Waals surface area contributed by atoms with Crippen molar-refractivity contribution in [2.45, 2.75) is 52.6 Å². The smallest absolute Gasteiger partial charge is 0.0742 e. The number of aliphatic hydroxyl groups excluding tert-OH is 2. The molecule has 0 bridgehead atoms. The maximum Gasteiger partial charge on any atom is 0.0742 e. The minimum atomic E-state index is -0.560. The van der Waals surface area contributed by atoms with Crippen molar-refractivity contribution in [2.24, 2.45) is 0 Å². The summed E-state index contributed by atoms with van der Waals surface area (Å²) in [6.45, 7) is 7.48. The lowest BCUT2D eigenvalue weighted by Crippen LogP contribution is -2.03. The number of rotatable bonds is 7. The molecule has 3 nitrogen and oxygen atoms in total. The van der Waals surface area contributed by atoms with Gasteiger partial charge in [0.15, 0.2) is 0 Å². The number of aliphatic hydroxyl groups is 2. The Morgan fingerprint density at radius 3 is 2.07 bits per heavy atom. The molecular formula is C11H26O3. The summed E-state index contributed by atoms with van der Waals surface area (Å²) < 4.78 is 5.18. The Kier molecular flexibility index (Phi) is 17.9. The Balaban J connectivity index is 0. The SMILES string of the molecule is CC(O)CO.CCCCCCOCC. The molecule has 0 aromatic rings. The van der Waals surface area contributed by atoms with Gasteiger partial charge in [-0.2, -0.15) is 0 Å². The monoisotopic (exact) mass is 206 g/mol. The molecule has 0 rings (SSSR count). The zero-order valence-corrected chi connectivity index (χ0v) is 9.83. The van der Waals surface area contributed by atoms with Crippen LogP contribution in [0.1, 0.15) is 46.5 Å². The predicted molar refractivity (Wildman–Crippen MR) is 59.4 cm³/mol.